The maximum Gasteiger partial charge on any atom is 0.195 e. The van der Waals surface area contributed by atoms with E-state index in [9.17, 15) is 0 Å². The molecule has 4 heteroatoms. The van der Waals surface area contributed by atoms with Gasteiger partial charge in [0.2, 0.25) is 0 Å². The van der Waals surface area contributed by atoms with Gasteiger partial charge in [-0.25, -0.2) is 9.97 Å². The lowest BCUT2D eigenvalue weighted by Gasteiger charge is -2.00. The smallest absolute Gasteiger partial charge is 0.195 e. The summed E-state index contributed by atoms with van der Waals surface area (Å²) in [5.41, 5.74) is 2.13. The Kier molecular flexibility index (Phi) is 1.82. The summed E-state index contributed by atoms with van der Waals surface area (Å²) in [6.07, 6.45) is 1.81. The normalized spacial score (nSPS) is 11.0. The number of aromatic nitrogens is 3. The molecule has 0 saturated carbocycles. The van der Waals surface area contributed by atoms with E-state index in [1.807, 2.05) is 36.7 Å². The Morgan fingerprint density at radius 2 is 2.13 bits per heavy atom. The Bertz CT molecular complexity index is 595. The second kappa shape index (κ2) is 3.17. The molecule has 0 radical (unpaired) electrons. The van der Waals surface area contributed by atoms with E-state index in [-0.39, 0.29) is 0 Å². The molecule has 2 aromatic heterocycles. The number of fused-ring (bicyclic) bond motifs is 1. The molecule has 0 N–H and O–H groups in total. The lowest BCUT2D eigenvalue weighted by molar-refractivity contribution is 0.985. The molecule has 0 bridgehead atoms. The van der Waals surface area contributed by atoms with E-state index in [1.165, 1.54) is 0 Å². The van der Waals surface area contributed by atoms with Gasteiger partial charge < -0.3 is 0 Å². The number of nitrogens with zero attached hydrogens (tertiary/aromatic N) is 3. The van der Waals surface area contributed by atoms with Gasteiger partial charge in [0.05, 0.1) is 11.0 Å². The number of para-hydroxylation sites is 2. The third kappa shape index (κ3) is 1.26. The number of benzene rings is 1. The standard InChI is InChI=1S/C11H9N3S/c1-8-13-9-4-2-3-5-10(9)14(8)11-12-6-7-15-11/h2-7H,1H3. The first-order chi connectivity index (χ1) is 7.36. The van der Waals surface area contributed by atoms with Crippen LogP contribution >= 0.6 is 11.3 Å². The van der Waals surface area contributed by atoms with E-state index in [0.29, 0.717) is 0 Å². The summed E-state index contributed by atoms with van der Waals surface area (Å²) in [4.78, 5) is 8.81. The summed E-state index contributed by atoms with van der Waals surface area (Å²) in [5, 5.41) is 2.95. The minimum atomic E-state index is 0.973. The maximum atomic E-state index is 4.50. The summed E-state index contributed by atoms with van der Waals surface area (Å²) >= 11 is 1.62. The Morgan fingerprint density at radius 3 is 2.93 bits per heavy atom. The third-order valence-electron chi connectivity index (χ3n) is 2.34. The zero-order valence-electron chi connectivity index (χ0n) is 8.21. The van der Waals surface area contributed by atoms with E-state index in [0.717, 1.165) is 22.0 Å². The molecule has 0 fully saturated rings. The van der Waals surface area contributed by atoms with Crippen LogP contribution in [0.25, 0.3) is 16.2 Å². The van der Waals surface area contributed by atoms with Crippen molar-refractivity contribution in [3.63, 3.8) is 0 Å². The molecule has 0 atom stereocenters. The number of imidazole rings is 1. The van der Waals surface area contributed by atoms with Crippen LogP contribution in [-0.2, 0) is 0 Å². The molecule has 0 spiro atoms. The van der Waals surface area contributed by atoms with Gasteiger partial charge in [0.25, 0.3) is 0 Å². The fourth-order valence-corrected chi connectivity index (χ4v) is 2.42. The molecule has 0 aliphatic heterocycles. The van der Waals surface area contributed by atoms with Gasteiger partial charge in [-0.15, -0.1) is 11.3 Å². The van der Waals surface area contributed by atoms with Gasteiger partial charge in [-0.2, -0.15) is 0 Å². The lowest BCUT2D eigenvalue weighted by Crippen LogP contribution is -1.95. The second-order valence-electron chi connectivity index (χ2n) is 3.30. The van der Waals surface area contributed by atoms with E-state index in [4.69, 9.17) is 0 Å². The molecule has 15 heavy (non-hydrogen) atoms. The largest absolute Gasteiger partial charge is 0.272 e. The van der Waals surface area contributed by atoms with Crippen molar-refractivity contribution >= 4 is 22.4 Å². The quantitative estimate of drug-likeness (QED) is 0.625. The summed E-state index contributed by atoms with van der Waals surface area (Å²) in [6.45, 7) is 2.00. The van der Waals surface area contributed by atoms with Crippen molar-refractivity contribution in [2.24, 2.45) is 0 Å². The van der Waals surface area contributed by atoms with Crippen LogP contribution < -0.4 is 0 Å². The SMILES string of the molecule is Cc1nc2ccccc2n1-c1nccs1. The van der Waals surface area contributed by atoms with Crippen molar-refractivity contribution < 1.29 is 0 Å². The highest BCUT2D eigenvalue weighted by atomic mass is 32.1. The van der Waals surface area contributed by atoms with Crippen LogP contribution in [0.15, 0.2) is 35.8 Å². The molecule has 3 aromatic rings. The van der Waals surface area contributed by atoms with E-state index >= 15 is 0 Å². The minimum absolute atomic E-state index is 0.973. The van der Waals surface area contributed by atoms with Crippen LogP contribution in [0, 0.1) is 6.92 Å². The van der Waals surface area contributed by atoms with Gasteiger partial charge in [-0.1, -0.05) is 12.1 Å². The number of hydrogen-bond donors (Lipinski definition) is 0. The first-order valence-electron chi connectivity index (χ1n) is 4.70. The van der Waals surface area contributed by atoms with Gasteiger partial charge in [0.15, 0.2) is 5.13 Å². The number of aryl methyl sites for hydroxylation is 1. The molecule has 0 aliphatic rings. The van der Waals surface area contributed by atoms with Gasteiger partial charge in [-0.05, 0) is 19.1 Å². The van der Waals surface area contributed by atoms with Crippen LogP contribution in [0.5, 0.6) is 0 Å². The molecule has 0 amide bonds. The highest BCUT2D eigenvalue weighted by Crippen LogP contribution is 2.21. The predicted octanol–water partition coefficient (Wildman–Crippen LogP) is 2.79. The Morgan fingerprint density at radius 1 is 1.27 bits per heavy atom. The molecule has 3 rings (SSSR count). The summed E-state index contributed by atoms with van der Waals surface area (Å²) in [7, 11) is 0. The molecule has 1 aromatic carbocycles. The van der Waals surface area contributed by atoms with Gasteiger partial charge in [0.1, 0.15) is 5.82 Å². The number of rotatable bonds is 1. The molecule has 74 valence electrons. The average Bonchev–Trinajstić information content (AvgIpc) is 2.82. The fourth-order valence-electron chi connectivity index (χ4n) is 1.71. The minimum Gasteiger partial charge on any atom is -0.272 e. The topological polar surface area (TPSA) is 30.7 Å². The lowest BCUT2D eigenvalue weighted by atomic mass is 10.3. The zero-order valence-corrected chi connectivity index (χ0v) is 9.03. The van der Waals surface area contributed by atoms with Crippen molar-refractivity contribution in [1.29, 1.82) is 0 Å². The number of hydrogen-bond acceptors (Lipinski definition) is 3. The Balaban J connectivity index is 2.39. The molecular weight excluding hydrogens is 206 g/mol. The van der Waals surface area contributed by atoms with Gasteiger partial charge >= 0.3 is 0 Å². The van der Waals surface area contributed by atoms with Crippen molar-refractivity contribution in [3.05, 3.63) is 41.7 Å². The first kappa shape index (κ1) is 8.61. The molecule has 0 unspecified atom stereocenters. The van der Waals surface area contributed by atoms with Gasteiger partial charge in [0, 0.05) is 11.6 Å². The predicted molar refractivity (Wildman–Crippen MR) is 61.5 cm³/mol. The molecule has 0 saturated heterocycles. The van der Waals surface area contributed by atoms with Crippen LogP contribution in [0.4, 0.5) is 0 Å². The van der Waals surface area contributed by atoms with Crippen LogP contribution in [0.3, 0.4) is 0 Å². The Hall–Kier alpha value is -1.68. The van der Waals surface area contributed by atoms with Gasteiger partial charge in [-0.3, -0.25) is 4.57 Å². The Labute approximate surface area is 91.0 Å². The van der Waals surface area contributed by atoms with Crippen molar-refractivity contribution in [3.8, 4) is 5.13 Å². The monoisotopic (exact) mass is 215 g/mol. The average molecular weight is 215 g/mol. The number of thiazole rings is 1. The van der Waals surface area contributed by atoms with E-state index in [2.05, 4.69) is 20.6 Å². The summed E-state index contributed by atoms with van der Waals surface area (Å²) < 4.78 is 2.08. The van der Waals surface area contributed by atoms with E-state index in [1.54, 1.807) is 11.3 Å². The summed E-state index contributed by atoms with van der Waals surface area (Å²) in [5.74, 6) is 0.978. The second-order valence-corrected chi connectivity index (χ2v) is 4.17. The van der Waals surface area contributed by atoms with Crippen LogP contribution in [0.1, 0.15) is 5.82 Å². The van der Waals surface area contributed by atoms with E-state index < -0.39 is 0 Å². The van der Waals surface area contributed by atoms with Crippen molar-refractivity contribution in [1.82, 2.24) is 14.5 Å². The molecule has 2 heterocycles. The highest BCUT2D eigenvalue weighted by molar-refractivity contribution is 7.12. The fraction of sp³-hybridized carbons (Fsp3) is 0.0909. The van der Waals surface area contributed by atoms with Crippen LogP contribution in [-0.4, -0.2) is 14.5 Å². The molecular formula is C11H9N3S. The third-order valence-corrected chi connectivity index (χ3v) is 3.10. The first-order valence-corrected chi connectivity index (χ1v) is 5.58. The van der Waals surface area contributed by atoms with Crippen LogP contribution in [0.2, 0.25) is 0 Å². The molecule has 0 aliphatic carbocycles. The van der Waals surface area contributed by atoms with Crippen molar-refractivity contribution in [2.45, 2.75) is 6.92 Å². The maximum absolute atomic E-state index is 4.50. The summed E-state index contributed by atoms with van der Waals surface area (Å²) in [6, 6.07) is 8.11. The molecule has 3 nitrogen and oxygen atoms in total. The van der Waals surface area contributed by atoms with Crippen molar-refractivity contribution in [2.75, 3.05) is 0 Å². The highest BCUT2D eigenvalue weighted by Gasteiger charge is 2.09. The zero-order chi connectivity index (χ0) is 10.3.